The Balaban J connectivity index is 2.01. The highest BCUT2D eigenvalue weighted by atomic mass is 28.4. The molecule has 1 aromatic carbocycles. The van der Waals surface area contributed by atoms with E-state index in [0.717, 1.165) is 17.2 Å². The predicted octanol–water partition coefficient (Wildman–Crippen LogP) is 6.86. The van der Waals surface area contributed by atoms with Gasteiger partial charge in [0.1, 0.15) is 23.6 Å². The molecule has 0 saturated heterocycles. The third kappa shape index (κ3) is 7.15. The smallest absolute Gasteiger partial charge is 0.410 e. The number of carbonyl (C=O) groups excluding carboxylic acids is 1. The number of amides is 1. The molecule has 1 atom stereocenters. The molecule has 2 heterocycles. The van der Waals surface area contributed by atoms with E-state index in [-0.39, 0.29) is 12.1 Å². The van der Waals surface area contributed by atoms with Gasteiger partial charge < -0.3 is 19.0 Å². The lowest BCUT2D eigenvalue weighted by Crippen LogP contribution is -2.53. The zero-order valence-corrected chi connectivity index (χ0v) is 27.6. The average Bonchev–Trinajstić information content (AvgIpc) is 2.99. The van der Waals surface area contributed by atoms with E-state index in [9.17, 15) is 4.79 Å². The van der Waals surface area contributed by atoms with Crippen molar-refractivity contribution in [3.8, 4) is 0 Å². The van der Waals surface area contributed by atoms with Gasteiger partial charge in [0.2, 0.25) is 0 Å². The SMILES string of the molecule is CC(C)[Si](OC[C@@H]1CN(C)c2ncnc(N(C)Cc3ccccc3)c2CN1C(=O)OC(C)(C)C)(C(C)C)C(C)C. The summed E-state index contributed by atoms with van der Waals surface area (Å²) in [6, 6.07) is 10.1. The molecule has 0 radical (unpaired) electrons. The van der Waals surface area contributed by atoms with Crippen LogP contribution in [0.2, 0.25) is 16.6 Å². The minimum absolute atomic E-state index is 0.204. The number of benzene rings is 1. The third-order valence-corrected chi connectivity index (χ3v) is 14.1. The molecule has 0 saturated carbocycles. The number of fused-ring (bicyclic) bond motifs is 1. The van der Waals surface area contributed by atoms with Crippen molar-refractivity contribution in [2.75, 3.05) is 37.0 Å². The first-order valence-electron chi connectivity index (χ1n) is 14.6. The van der Waals surface area contributed by atoms with Crippen LogP contribution in [0.4, 0.5) is 16.4 Å². The van der Waals surface area contributed by atoms with Crippen molar-refractivity contribution < 1.29 is 14.0 Å². The van der Waals surface area contributed by atoms with E-state index in [1.165, 1.54) is 5.56 Å². The number of likely N-dealkylation sites (N-methyl/N-ethyl adjacent to an activating group) is 1. The molecular formula is C31H51N5O3Si. The van der Waals surface area contributed by atoms with Crippen LogP contribution in [-0.4, -0.2) is 68.2 Å². The molecular weight excluding hydrogens is 518 g/mol. The van der Waals surface area contributed by atoms with Gasteiger partial charge in [0.05, 0.1) is 24.8 Å². The highest BCUT2D eigenvalue weighted by Gasteiger charge is 2.46. The number of aromatic nitrogens is 2. The molecule has 0 unspecified atom stereocenters. The Hall–Kier alpha value is -2.65. The molecule has 1 aliphatic rings. The quantitative estimate of drug-likeness (QED) is 0.306. The maximum absolute atomic E-state index is 13.8. The summed E-state index contributed by atoms with van der Waals surface area (Å²) < 4.78 is 13.0. The third-order valence-electron chi connectivity index (χ3n) is 8.00. The van der Waals surface area contributed by atoms with E-state index in [2.05, 4.69) is 68.5 Å². The Morgan fingerprint density at radius 1 is 1.05 bits per heavy atom. The van der Waals surface area contributed by atoms with Crippen molar-refractivity contribution in [1.29, 1.82) is 0 Å². The van der Waals surface area contributed by atoms with Crippen molar-refractivity contribution in [2.24, 2.45) is 0 Å². The maximum atomic E-state index is 13.8. The summed E-state index contributed by atoms with van der Waals surface area (Å²) in [6.07, 6.45) is 1.28. The van der Waals surface area contributed by atoms with Crippen LogP contribution in [0.1, 0.15) is 73.4 Å². The summed E-state index contributed by atoms with van der Waals surface area (Å²) in [5.74, 6) is 1.65. The monoisotopic (exact) mass is 569 g/mol. The Morgan fingerprint density at radius 2 is 1.65 bits per heavy atom. The van der Waals surface area contributed by atoms with Gasteiger partial charge in [-0.25, -0.2) is 14.8 Å². The first-order valence-corrected chi connectivity index (χ1v) is 16.7. The lowest BCUT2D eigenvalue weighted by atomic mass is 10.2. The lowest BCUT2D eigenvalue weighted by molar-refractivity contribution is 0.00936. The summed E-state index contributed by atoms with van der Waals surface area (Å²) >= 11 is 0. The van der Waals surface area contributed by atoms with Crippen LogP contribution in [0.3, 0.4) is 0 Å². The molecule has 222 valence electrons. The molecule has 2 aromatic rings. The minimum atomic E-state index is -2.15. The number of rotatable bonds is 9. The van der Waals surface area contributed by atoms with E-state index >= 15 is 0 Å². The number of nitrogens with zero attached hydrogens (tertiary/aromatic N) is 5. The molecule has 40 heavy (non-hydrogen) atoms. The van der Waals surface area contributed by atoms with Crippen LogP contribution in [0.5, 0.6) is 0 Å². The lowest BCUT2D eigenvalue weighted by Gasteiger charge is -2.44. The number of anilines is 2. The topological polar surface area (TPSA) is 71.0 Å². The van der Waals surface area contributed by atoms with Gasteiger partial charge in [0.15, 0.2) is 8.32 Å². The summed E-state index contributed by atoms with van der Waals surface area (Å²) in [5, 5.41) is 0. The zero-order chi connectivity index (χ0) is 29.8. The van der Waals surface area contributed by atoms with Crippen molar-refractivity contribution in [3.63, 3.8) is 0 Å². The molecule has 1 amide bonds. The summed E-state index contributed by atoms with van der Waals surface area (Å²) in [6.45, 7) is 21.5. The van der Waals surface area contributed by atoms with E-state index in [4.69, 9.17) is 14.1 Å². The van der Waals surface area contributed by atoms with Crippen LogP contribution < -0.4 is 9.80 Å². The van der Waals surface area contributed by atoms with E-state index in [1.54, 1.807) is 6.33 Å². The standard InChI is InChI=1S/C31H51N5O3Si/c1-22(2)40(23(3)4,24(5)6)38-20-26-18-35(11)29-27(19-36(26)30(37)39-31(7,8)9)28(32-21-33-29)34(10)17-25-15-13-12-14-16-25/h12-16,21-24,26H,17-20H2,1-11H3/t26-/m0/s1. The second-order valence-electron chi connectivity index (χ2n) is 13.1. The Bertz CT molecular complexity index is 1100. The Labute approximate surface area is 243 Å². The van der Waals surface area contributed by atoms with Gasteiger partial charge in [-0.3, -0.25) is 4.90 Å². The van der Waals surface area contributed by atoms with Crippen LogP contribution in [-0.2, 0) is 22.3 Å². The largest absolute Gasteiger partial charge is 0.444 e. The minimum Gasteiger partial charge on any atom is -0.444 e. The highest BCUT2D eigenvalue weighted by molar-refractivity contribution is 6.77. The first-order chi connectivity index (χ1) is 18.7. The maximum Gasteiger partial charge on any atom is 0.410 e. The van der Waals surface area contributed by atoms with Gasteiger partial charge in [-0.1, -0.05) is 71.9 Å². The van der Waals surface area contributed by atoms with Crippen molar-refractivity contribution in [2.45, 2.75) is 104 Å². The summed E-state index contributed by atoms with van der Waals surface area (Å²) in [4.78, 5) is 29.3. The molecule has 9 heteroatoms. The second kappa shape index (κ2) is 12.9. The van der Waals surface area contributed by atoms with Crippen LogP contribution in [0.25, 0.3) is 0 Å². The molecule has 0 N–H and O–H groups in total. The van der Waals surface area contributed by atoms with Gasteiger partial charge in [-0.05, 0) is 43.0 Å². The molecule has 1 aliphatic heterocycles. The van der Waals surface area contributed by atoms with Gasteiger partial charge in [-0.2, -0.15) is 0 Å². The average molecular weight is 570 g/mol. The molecule has 1 aromatic heterocycles. The molecule has 3 rings (SSSR count). The Morgan fingerprint density at radius 3 is 2.20 bits per heavy atom. The summed E-state index contributed by atoms with van der Waals surface area (Å²) in [5.41, 5.74) is 2.84. The Kier molecular flexibility index (Phi) is 10.3. The summed E-state index contributed by atoms with van der Waals surface area (Å²) in [7, 11) is 1.93. The second-order valence-corrected chi connectivity index (χ2v) is 18.6. The van der Waals surface area contributed by atoms with Crippen molar-refractivity contribution >= 4 is 26.0 Å². The van der Waals surface area contributed by atoms with Gasteiger partial charge in [-0.15, -0.1) is 0 Å². The number of carbonyl (C=O) groups is 1. The van der Waals surface area contributed by atoms with E-state index < -0.39 is 13.9 Å². The highest BCUT2D eigenvalue weighted by Crippen LogP contribution is 2.43. The van der Waals surface area contributed by atoms with Crippen LogP contribution in [0.15, 0.2) is 36.7 Å². The first kappa shape index (κ1) is 31.9. The number of ether oxygens (including phenoxy) is 1. The van der Waals surface area contributed by atoms with E-state index in [1.807, 2.05) is 58.0 Å². The predicted molar refractivity (Wildman–Crippen MR) is 166 cm³/mol. The molecule has 0 bridgehead atoms. The molecule has 8 nitrogen and oxygen atoms in total. The molecule has 0 spiro atoms. The van der Waals surface area contributed by atoms with Gasteiger partial charge in [0, 0.05) is 27.2 Å². The van der Waals surface area contributed by atoms with Gasteiger partial charge in [0.25, 0.3) is 0 Å². The number of hydrogen-bond acceptors (Lipinski definition) is 7. The normalized spacial score (nSPS) is 16.4. The van der Waals surface area contributed by atoms with Crippen molar-refractivity contribution in [1.82, 2.24) is 14.9 Å². The fraction of sp³-hybridized carbons (Fsp3) is 0.645. The van der Waals surface area contributed by atoms with Crippen LogP contribution in [0, 0.1) is 0 Å². The van der Waals surface area contributed by atoms with Crippen LogP contribution >= 0.6 is 0 Å². The van der Waals surface area contributed by atoms with Crippen molar-refractivity contribution in [3.05, 3.63) is 47.8 Å². The molecule has 0 aliphatic carbocycles. The van der Waals surface area contributed by atoms with E-state index in [0.29, 0.717) is 42.9 Å². The number of hydrogen-bond donors (Lipinski definition) is 0. The fourth-order valence-electron chi connectivity index (χ4n) is 6.34. The zero-order valence-electron chi connectivity index (χ0n) is 26.6. The van der Waals surface area contributed by atoms with Gasteiger partial charge >= 0.3 is 6.09 Å². The fourth-order valence-corrected chi connectivity index (χ4v) is 11.8. The molecule has 0 fully saturated rings.